The van der Waals surface area contributed by atoms with Gasteiger partial charge in [0.05, 0.1) is 6.61 Å². The van der Waals surface area contributed by atoms with Crippen molar-refractivity contribution in [3.05, 3.63) is 0 Å². The third-order valence-corrected chi connectivity index (χ3v) is 4.35. The zero-order valence-corrected chi connectivity index (χ0v) is 12.1. The molecule has 0 aliphatic heterocycles. The Kier molecular flexibility index (Phi) is 5.94. The first-order valence-electron chi connectivity index (χ1n) is 7.31. The predicted octanol–water partition coefficient (Wildman–Crippen LogP) is 3.20. The van der Waals surface area contributed by atoms with E-state index in [1.807, 2.05) is 0 Å². The summed E-state index contributed by atoms with van der Waals surface area (Å²) < 4.78 is 0. The van der Waals surface area contributed by atoms with E-state index in [2.05, 4.69) is 33.0 Å². The number of aliphatic hydroxyl groups excluding tert-OH is 1. The highest BCUT2D eigenvalue weighted by Crippen LogP contribution is 2.31. The fourth-order valence-corrected chi connectivity index (χ4v) is 2.91. The van der Waals surface area contributed by atoms with Crippen LogP contribution in [-0.2, 0) is 0 Å². The Morgan fingerprint density at radius 3 is 2.41 bits per heavy atom. The number of rotatable bonds is 5. The van der Waals surface area contributed by atoms with Crippen LogP contribution in [0.25, 0.3) is 0 Å². The molecule has 0 saturated heterocycles. The molecule has 0 aromatic carbocycles. The highest BCUT2D eigenvalue weighted by atomic mass is 16.3. The molecule has 0 heterocycles. The molecule has 0 aromatic rings. The summed E-state index contributed by atoms with van der Waals surface area (Å²) in [7, 11) is 0. The third kappa shape index (κ3) is 4.97. The lowest BCUT2D eigenvalue weighted by Gasteiger charge is -2.34. The van der Waals surface area contributed by atoms with Gasteiger partial charge < -0.3 is 10.4 Å². The van der Waals surface area contributed by atoms with E-state index in [-0.39, 0.29) is 18.1 Å². The van der Waals surface area contributed by atoms with Crippen molar-refractivity contribution in [2.45, 2.75) is 65.8 Å². The zero-order chi connectivity index (χ0) is 12.9. The largest absolute Gasteiger partial charge is 0.395 e. The van der Waals surface area contributed by atoms with E-state index in [1.54, 1.807) is 0 Å². The standard InChI is InChI=1S/C15H31NO/c1-5-12-7-6-8-13(9-12)10-16-14(11-17)15(2,3)4/h12-14,16-17H,5-11H2,1-4H3/t12-,13+,14-/m1/s1. The molecule has 1 saturated carbocycles. The Morgan fingerprint density at radius 2 is 1.88 bits per heavy atom. The van der Waals surface area contributed by atoms with Gasteiger partial charge in [0.15, 0.2) is 0 Å². The Balaban J connectivity index is 2.34. The quantitative estimate of drug-likeness (QED) is 0.775. The summed E-state index contributed by atoms with van der Waals surface area (Å²) in [6.07, 6.45) is 6.90. The molecule has 3 atom stereocenters. The topological polar surface area (TPSA) is 32.3 Å². The van der Waals surface area contributed by atoms with Crippen molar-refractivity contribution in [3.63, 3.8) is 0 Å². The van der Waals surface area contributed by atoms with Crippen LogP contribution in [0.2, 0.25) is 0 Å². The molecule has 0 spiro atoms. The highest BCUT2D eigenvalue weighted by Gasteiger charge is 2.26. The van der Waals surface area contributed by atoms with Crippen molar-refractivity contribution in [2.75, 3.05) is 13.2 Å². The number of hydrogen-bond acceptors (Lipinski definition) is 2. The molecule has 17 heavy (non-hydrogen) atoms. The molecular formula is C15H31NO. The van der Waals surface area contributed by atoms with Gasteiger partial charge in [-0.2, -0.15) is 0 Å². The summed E-state index contributed by atoms with van der Waals surface area (Å²) in [5.41, 5.74) is 0.146. The third-order valence-electron chi connectivity index (χ3n) is 4.35. The SMILES string of the molecule is CC[C@@H]1CCC[C@H](CN[C@H](CO)C(C)(C)C)C1. The van der Waals surface area contributed by atoms with Gasteiger partial charge in [0, 0.05) is 6.04 Å². The lowest BCUT2D eigenvalue weighted by atomic mass is 9.79. The van der Waals surface area contributed by atoms with E-state index < -0.39 is 0 Å². The van der Waals surface area contributed by atoms with Crippen LogP contribution in [-0.4, -0.2) is 24.3 Å². The van der Waals surface area contributed by atoms with Crippen LogP contribution in [0.1, 0.15) is 59.8 Å². The minimum atomic E-state index is 0.146. The van der Waals surface area contributed by atoms with Crippen molar-refractivity contribution >= 4 is 0 Å². The summed E-state index contributed by atoms with van der Waals surface area (Å²) in [5, 5.41) is 13.0. The van der Waals surface area contributed by atoms with E-state index in [0.717, 1.165) is 18.4 Å². The fourth-order valence-electron chi connectivity index (χ4n) is 2.91. The molecule has 1 aliphatic rings. The maximum Gasteiger partial charge on any atom is 0.0589 e. The van der Waals surface area contributed by atoms with Gasteiger partial charge >= 0.3 is 0 Å². The monoisotopic (exact) mass is 241 g/mol. The van der Waals surface area contributed by atoms with Crippen molar-refractivity contribution < 1.29 is 5.11 Å². The van der Waals surface area contributed by atoms with Gasteiger partial charge in [-0.15, -0.1) is 0 Å². The average Bonchev–Trinajstić information content (AvgIpc) is 2.28. The van der Waals surface area contributed by atoms with Gasteiger partial charge in [0.25, 0.3) is 0 Å². The molecule has 2 nitrogen and oxygen atoms in total. The van der Waals surface area contributed by atoms with Crippen molar-refractivity contribution in [2.24, 2.45) is 17.3 Å². The van der Waals surface area contributed by atoms with E-state index in [9.17, 15) is 5.11 Å². The second-order valence-electron chi connectivity index (χ2n) is 6.82. The summed E-state index contributed by atoms with van der Waals surface area (Å²) in [6, 6.07) is 0.226. The van der Waals surface area contributed by atoms with Crippen LogP contribution in [0.5, 0.6) is 0 Å². The van der Waals surface area contributed by atoms with Gasteiger partial charge in [-0.05, 0) is 36.6 Å². The highest BCUT2D eigenvalue weighted by molar-refractivity contribution is 4.82. The second kappa shape index (κ2) is 6.75. The molecule has 102 valence electrons. The van der Waals surface area contributed by atoms with Gasteiger partial charge in [-0.1, -0.05) is 47.0 Å². The number of aliphatic hydroxyl groups is 1. The van der Waals surface area contributed by atoms with Crippen molar-refractivity contribution in [3.8, 4) is 0 Å². The first-order chi connectivity index (χ1) is 7.97. The summed E-state index contributed by atoms with van der Waals surface area (Å²) in [5.74, 6) is 1.77. The second-order valence-corrected chi connectivity index (χ2v) is 6.82. The minimum absolute atomic E-state index is 0.146. The van der Waals surface area contributed by atoms with Gasteiger partial charge in [0.2, 0.25) is 0 Å². The van der Waals surface area contributed by atoms with Crippen molar-refractivity contribution in [1.29, 1.82) is 0 Å². The van der Waals surface area contributed by atoms with Crippen molar-refractivity contribution in [1.82, 2.24) is 5.32 Å². The number of nitrogens with one attached hydrogen (secondary N) is 1. The minimum Gasteiger partial charge on any atom is -0.395 e. The van der Waals surface area contributed by atoms with E-state index >= 15 is 0 Å². The first kappa shape index (κ1) is 15.0. The van der Waals surface area contributed by atoms with E-state index in [1.165, 1.54) is 32.1 Å². The summed E-state index contributed by atoms with van der Waals surface area (Å²) >= 11 is 0. The summed E-state index contributed by atoms with van der Waals surface area (Å²) in [4.78, 5) is 0. The smallest absolute Gasteiger partial charge is 0.0589 e. The zero-order valence-electron chi connectivity index (χ0n) is 12.1. The van der Waals surface area contributed by atoms with Crippen LogP contribution < -0.4 is 5.32 Å². The maximum atomic E-state index is 9.43. The first-order valence-corrected chi connectivity index (χ1v) is 7.31. The van der Waals surface area contributed by atoms with Gasteiger partial charge in [0.1, 0.15) is 0 Å². The van der Waals surface area contributed by atoms with Gasteiger partial charge in [-0.25, -0.2) is 0 Å². The molecular weight excluding hydrogens is 210 g/mol. The fraction of sp³-hybridized carbons (Fsp3) is 1.00. The molecule has 0 bridgehead atoms. The van der Waals surface area contributed by atoms with Crippen LogP contribution in [0.15, 0.2) is 0 Å². The molecule has 1 rings (SSSR count). The molecule has 0 aromatic heterocycles. The Hall–Kier alpha value is -0.0800. The van der Waals surface area contributed by atoms with E-state index in [4.69, 9.17) is 0 Å². The van der Waals surface area contributed by atoms with Gasteiger partial charge in [-0.3, -0.25) is 0 Å². The molecule has 1 aliphatic carbocycles. The molecule has 1 fully saturated rings. The molecule has 0 radical (unpaired) electrons. The normalized spacial score (nSPS) is 28.1. The predicted molar refractivity (Wildman–Crippen MR) is 74.1 cm³/mol. The Bertz CT molecular complexity index is 209. The molecule has 0 amide bonds. The maximum absolute atomic E-state index is 9.43. The lowest BCUT2D eigenvalue weighted by Crippen LogP contribution is -2.45. The van der Waals surface area contributed by atoms with Crippen LogP contribution >= 0.6 is 0 Å². The Labute approximate surface area is 107 Å². The van der Waals surface area contributed by atoms with Crippen LogP contribution in [0.4, 0.5) is 0 Å². The Morgan fingerprint density at radius 1 is 1.24 bits per heavy atom. The number of hydrogen-bond donors (Lipinski definition) is 2. The molecule has 2 heteroatoms. The molecule has 2 N–H and O–H groups in total. The van der Waals surface area contributed by atoms with Crippen LogP contribution in [0.3, 0.4) is 0 Å². The summed E-state index contributed by atoms with van der Waals surface area (Å²) in [6.45, 7) is 10.2. The average molecular weight is 241 g/mol. The van der Waals surface area contributed by atoms with Crippen LogP contribution in [0, 0.1) is 17.3 Å². The van der Waals surface area contributed by atoms with E-state index in [0.29, 0.717) is 0 Å². The lowest BCUT2D eigenvalue weighted by molar-refractivity contribution is 0.146. The molecule has 0 unspecified atom stereocenters.